The summed E-state index contributed by atoms with van der Waals surface area (Å²) >= 11 is 0. The molecule has 0 radical (unpaired) electrons. The second kappa shape index (κ2) is 13.4. The lowest BCUT2D eigenvalue weighted by molar-refractivity contribution is 0.0904. The number of nitrogens with two attached hydrogens (primary N) is 1. The van der Waals surface area contributed by atoms with E-state index >= 15 is 0 Å². The number of aromatic nitrogens is 3. The summed E-state index contributed by atoms with van der Waals surface area (Å²) in [6.07, 6.45) is 3.90. The van der Waals surface area contributed by atoms with E-state index in [1.807, 2.05) is 19.1 Å². The molecule has 3 aliphatic heterocycles. The van der Waals surface area contributed by atoms with Crippen LogP contribution in [0.1, 0.15) is 41.9 Å². The standard InChI is InChI=1S/C31H43N9O4/c1-20-18-26(44-37-20)27-30(33-21-8-16-43-17-9-21)36-31(28(35-27)29(32)41)34-22-4-5-24(25(19-22)42-3)40-10-6-23(7-11-40)39-14-12-38(2)13-15-39/h4-5,18-19,21,23H,6-17H2,1-3H3,(H2,32,41)(H2,33,34,36). The SMILES string of the molecule is COc1cc(Nc2nc(NC3CCOCC3)c(-c3cc(C)no3)nc2C(N)=O)ccc1N1CCC(N2CCN(C)CC2)CC1. The van der Waals surface area contributed by atoms with Crippen molar-refractivity contribution in [2.45, 2.75) is 44.7 Å². The first-order valence-electron chi connectivity index (χ1n) is 15.5. The third kappa shape index (κ3) is 6.74. The maximum absolute atomic E-state index is 12.6. The van der Waals surface area contributed by atoms with Crippen LogP contribution in [0.25, 0.3) is 11.5 Å². The van der Waals surface area contributed by atoms with E-state index in [4.69, 9.17) is 24.7 Å². The average Bonchev–Trinajstić information content (AvgIpc) is 3.48. The Balaban J connectivity index is 1.23. The van der Waals surface area contributed by atoms with Gasteiger partial charge in [0, 0.05) is 82.4 Å². The molecule has 3 aliphatic rings. The summed E-state index contributed by atoms with van der Waals surface area (Å²) in [6.45, 7) is 9.66. The molecule has 0 bridgehead atoms. The lowest BCUT2D eigenvalue weighted by Crippen LogP contribution is -2.52. The van der Waals surface area contributed by atoms with Gasteiger partial charge < -0.3 is 40.2 Å². The molecule has 1 aromatic carbocycles. The lowest BCUT2D eigenvalue weighted by atomic mass is 10.0. The highest BCUT2D eigenvalue weighted by molar-refractivity contribution is 5.97. The van der Waals surface area contributed by atoms with Gasteiger partial charge in [0.15, 0.2) is 28.8 Å². The number of carbonyl (C=O) groups is 1. The summed E-state index contributed by atoms with van der Waals surface area (Å²) < 4.78 is 16.9. The zero-order valence-electron chi connectivity index (χ0n) is 25.8. The number of ether oxygens (including phenoxy) is 2. The van der Waals surface area contributed by atoms with Crippen molar-refractivity contribution in [3.8, 4) is 17.2 Å². The third-order valence-corrected chi connectivity index (χ3v) is 8.85. The molecule has 44 heavy (non-hydrogen) atoms. The van der Waals surface area contributed by atoms with E-state index in [0.29, 0.717) is 47.9 Å². The molecule has 0 unspecified atom stereocenters. The van der Waals surface area contributed by atoms with Gasteiger partial charge >= 0.3 is 0 Å². The molecule has 3 saturated heterocycles. The molecule has 0 aliphatic carbocycles. The number of benzene rings is 1. The van der Waals surface area contributed by atoms with Crippen LogP contribution in [0.15, 0.2) is 28.8 Å². The summed E-state index contributed by atoms with van der Waals surface area (Å²) in [7, 11) is 3.88. The minimum absolute atomic E-state index is 0.000558. The summed E-state index contributed by atoms with van der Waals surface area (Å²) in [6, 6.07) is 8.47. The van der Waals surface area contributed by atoms with E-state index in [0.717, 1.165) is 76.4 Å². The van der Waals surface area contributed by atoms with E-state index in [1.165, 1.54) is 0 Å². The number of rotatable bonds is 9. The van der Waals surface area contributed by atoms with Crippen molar-refractivity contribution in [1.29, 1.82) is 0 Å². The Labute approximate surface area is 258 Å². The van der Waals surface area contributed by atoms with Crippen LogP contribution in [0, 0.1) is 6.92 Å². The number of hydrogen-bond acceptors (Lipinski definition) is 12. The van der Waals surface area contributed by atoms with E-state index in [2.05, 4.69) is 48.6 Å². The number of piperidine rings is 1. The van der Waals surface area contributed by atoms with E-state index in [-0.39, 0.29) is 17.6 Å². The van der Waals surface area contributed by atoms with Crippen molar-refractivity contribution in [3.05, 3.63) is 35.7 Å². The Bertz CT molecular complexity index is 1440. The van der Waals surface area contributed by atoms with Crippen molar-refractivity contribution >= 4 is 28.9 Å². The summed E-state index contributed by atoms with van der Waals surface area (Å²) in [5.41, 5.74) is 8.63. The van der Waals surface area contributed by atoms with Gasteiger partial charge in [0.1, 0.15) is 5.75 Å². The lowest BCUT2D eigenvalue weighted by Gasteiger charge is -2.42. The molecular formula is C31H43N9O4. The number of piperazine rings is 1. The Morgan fingerprint density at radius 2 is 1.75 bits per heavy atom. The number of methoxy groups -OCH3 is 1. The number of carbonyl (C=O) groups excluding carboxylic acids is 1. The minimum Gasteiger partial charge on any atom is -0.495 e. The van der Waals surface area contributed by atoms with Gasteiger partial charge in [0.2, 0.25) is 0 Å². The van der Waals surface area contributed by atoms with Gasteiger partial charge in [0.05, 0.1) is 18.5 Å². The fourth-order valence-corrected chi connectivity index (χ4v) is 6.29. The van der Waals surface area contributed by atoms with Crippen LogP contribution in [0.3, 0.4) is 0 Å². The molecule has 3 aromatic rings. The van der Waals surface area contributed by atoms with Gasteiger partial charge in [-0.15, -0.1) is 0 Å². The highest BCUT2D eigenvalue weighted by Crippen LogP contribution is 2.36. The largest absolute Gasteiger partial charge is 0.495 e. The van der Waals surface area contributed by atoms with E-state index < -0.39 is 5.91 Å². The third-order valence-electron chi connectivity index (χ3n) is 8.85. The number of nitrogens with one attached hydrogen (secondary N) is 2. The number of likely N-dealkylation sites (N-methyl/N-ethyl adjacent to an activating group) is 1. The van der Waals surface area contributed by atoms with Crippen molar-refractivity contribution < 1.29 is 18.8 Å². The molecule has 0 spiro atoms. The first-order chi connectivity index (χ1) is 21.4. The molecule has 6 rings (SSSR count). The van der Waals surface area contributed by atoms with Gasteiger partial charge in [-0.25, -0.2) is 9.97 Å². The predicted octanol–water partition coefficient (Wildman–Crippen LogP) is 3.10. The normalized spacial score (nSPS) is 19.2. The molecule has 4 N–H and O–H groups in total. The van der Waals surface area contributed by atoms with Crippen molar-refractivity contribution in [2.24, 2.45) is 5.73 Å². The number of nitrogens with zero attached hydrogens (tertiary/aromatic N) is 6. The Hall–Kier alpha value is -3.94. The van der Waals surface area contributed by atoms with Crippen LogP contribution in [0.2, 0.25) is 0 Å². The smallest absolute Gasteiger partial charge is 0.271 e. The maximum atomic E-state index is 12.6. The van der Waals surface area contributed by atoms with Gasteiger partial charge in [0.25, 0.3) is 5.91 Å². The first-order valence-corrected chi connectivity index (χ1v) is 15.5. The van der Waals surface area contributed by atoms with Crippen LogP contribution >= 0.6 is 0 Å². The van der Waals surface area contributed by atoms with Crippen LogP contribution in [-0.2, 0) is 4.74 Å². The summed E-state index contributed by atoms with van der Waals surface area (Å²) in [5.74, 6) is 1.17. The van der Waals surface area contributed by atoms with Crippen molar-refractivity contribution in [2.75, 3.05) is 82.2 Å². The maximum Gasteiger partial charge on any atom is 0.271 e. The molecule has 3 fully saturated rings. The van der Waals surface area contributed by atoms with Crippen molar-refractivity contribution in [1.82, 2.24) is 24.9 Å². The van der Waals surface area contributed by atoms with Gasteiger partial charge in [-0.1, -0.05) is 5.16 Å². The first kappa shape index (κ1) is 30.1. The quantitative estimate of drug-likeness (QED) is 0.329. The van der Waals surface area contributed by atoms with Crippen LogP contribution in [0.4, 0.5) is 23.0 Å². The Morgan fingerprint density at radius 3 is 2.41 bits per heavy atom. The fraction of sp³-hybridized carbons (Fsp3) is 0.548. The summed E-state index contributed by atoms with van der Waals surface area (Å²) in [5, 5.41) is 10.8. The van der Waals surface area contributed by atoms with Gasteiger partial charge in [-0.3, -0.25) is 9.69 Å². The fourth-order valence-electron chi connectivity index (χ4n) is 6.29. The van der Waals surface area contributed by atoms with Crippen LogP contribution in [0.5, 0.6) is 5.75 Å². The zero-order chi connectivity index (χ0) is 30.6. The molecule has 1 amide bonds. The zero-order valence-corrected chi connectivity index (χ0v) is 25.8. The molecule has 13 nitrogen and oxygen atoms in total. The highest BCUT2D eigenvalue weighted by atomic mass is 16.5. The van der Waals surface area contributed by atoms with Crippen molar-refractivity contribution in [3.63, 3.8) is 0 Å². The number of amides is 1. The Kier molecular flexibility index (Phi) is 9.14. The topological polar surface area (TPSA) is 147 Å². The van der Waals surface area contributed by atoms with Crippen LogP contribution in [-0.4, -0.2) is 110 Å². The summed E-state index contributed by atoms with van der Waals surface area (Å²) in [4.78, 5) is 29.5. The van der Waals surface area contributed by atoms with Crippen LogP contribution < -0.4 is 26.0 Å². The predicted molar refractivity (Wildman–Crippen MR) is 169 cm³/mol. The minimum atomic E-state index is -0.707. The molecule has 5 heterocycles. The molecular weight excluding hydrogens is 562 g/mol. The average molecular weight is 606 g/mol. The molecule has 2 aromatic heterocycles. The number of primary amides is 1. The van der Waals surface area contributed by atoms with Gasteiger partial charge in [-0.2, -0.15) is 0 Å². The molecule has 0 saturated carbocycles. The van der Waals surface area contributed by atoms with Gasteiger partial charge in [-0.05, 0) is 51.8 Å². The molecule has 13 heteroatoms. The second-order valence-corrected chi connectivity index (χ2v) is 11.9. The highest BCUT2D eigenvalue weighted by Gasteiger charge is 2.28. The molecule has 0 atom stereocenters. The number of anilines is 4. The number of aryl methyl sites for hydroxylation is 1. The van der Waals surface area contributed by atoms with E-state index in [9.17, 15) is 4.79 Å². The number of hydrogen-bond donors (Lipinski definition) is 3. The second-order valence-electron chi connectivity index (χ2n) is 11.9. The monoisotopic (exact) mass is 605 g/mol. The van der Waals surface area contributed by atoms with E-state index in [1.54, 1.807) is 13.2 Å². The Morgan fingerprint density at radius 1 is 1.00 bits per heavy atom. The molecule has 236 valence electrons.